The molecule has 0 spiro atoms. The van der Waals surface area contributed by atoms with Crippen LogP contribution in [-0.4, -0.2) is 27.4 Å². The van der Waals surface area contributed by atoms with Crippen LogP contribution in [0.15, 0.2) is 12.1 Å². The molecule has 0 unspecified atom stereocenters. The largest absolute Gasteiger partial charge is 0.328 e. The Morgan fingerprint density at radius 2 is 2.26 bits per heavy atom. The van der Waals surface area contributed by atoms with Crippen molar-refractivity contribution < 1.29 is 4.39 Å². The van der Waals surface area contributed by atoms with Crippen LogP contribution in [0.2, 0.25) is 0 Å². The van der Waals surface area contributed by atoms with Crippen molar-refractivity contribution in [2.75, 3.05) is 17.9 Å². The minimum atomic E-state index is -0.184. The number of imidazole rings is 1. The van der Waals surface area contributed by atoms with Crippen LogP contribution in [0.1, 0.15) is 12.2 Å². The van der Waals surface area contributed by atoms with Gasteiger partial charge in [-0.3, -0.25) is 0 Å². The highest BCUT2D eigenvalue weighted by Crippen LogP contribution is 2.23. The van der Waals surface area contributed by atoms with Crippen molar-refractivity contribution in [3.05, 3.63) is 27.3 Å². The quantitative estimate of drug-likeness (QED) is 0.400. The second-order valence-corrected chi connectivity index (χ2v) is 6.75. The Balaban J connectivity index is 2.43. The van der Waals surface area contributed by atoms with Gasteiger partial charge in [-0.15, -0.1) is 11.6 Å². The maximum Gasteiger partial charge on any atom is 0.138 e. The standard InChI is InChI=1S/C13H15ClFIN2S/c1-19-6-2-5-18-12-7-9(15)10(16)8-11(12)17-13(18)3-4-14/h7-8H,2-6H2,1H3. The Morgan fingerprint density at radius 1 is 1.47 bits per heavy atom. The van der Waals surface area contributed by atoms with Gasteiger partial charge in [0.15, 0.2) is 0 Å². The van der Waals surface area contributed by atoms with E-state index in [-0.39, 0.29) is 5.82 Å². The normalized spacial score (nSPS) is 11.4. The first-order valence-electron chi connectivity index (χ1n) is 6.06. The predicted molar refractivity (Wildman–Crippen MR) is 89.8 cm³/mol. The Hall–Kier alpha value is -0.0100. The van der Waals surface area contributed by atoms with E-state index < -0.39 is 0 Å². The molecule has 0 aliphatic carbocycles. The zero-order valence-corrected chi connectivity index (χ0v) is 14.4. The van der Waals surface area contributed by atoms with Gasteiger partial charge >= 0.3 is 0 Å². The number of thioether (sulfide) groups is 1. The molecule has 1 heterocycles. The van der Waals surface area contributed by atoms with Crippen molar-refractivity contribution in [3.8, 4) is 0 Å². The third-order valence-electron chi connectivity index (χ3n) is 2.92. The number of aromatic nitrogens is 2. The lowest BCUT2D eigenvalue weighted by atomic mass is 10.3. The van der Waals surface area contributed by atoms with Crippen molar-refractivity contribution in [2.24, 2.45) is 0 Å². The predicted octanol–water partition coefficient (Wildman–Crippen LogP) is 4.31. The third kappa shape index (κ3) is 3.55. The molecule has 0 amide bonds. The fourth-order valence-corrected chi connectivity index (χ4v) is 3.10. The molecule has 0 radical (unpaired) electrons. The number of hydrogen-bond acceptors (Lipinski definition) is 2. The van der Waals surface area contributed by atoms with Gasteiger partial charge in [-0.1, -0.05) is 0 Å². The van der Waals surface area contributed by atoms with Crippen LogP contribution in [0, 0.1) is 9.39 Å². The van der Waals surface area contributed by atoms with Crippen LogP contribution < -0.4 is 0 Å². The number of alkyl halides is 1. The van der Waals surface area contributed by atoms with Crippen molar-refractivity contribution in [2.45, 2.75) is 19.4 Å². The van der Waals surface area contributed by atoms with E-state index >= 15 is 0 Å². The molecule has 0 atom stereocenters. The van der Waals surface area contributed by atoms with E-state index in [2.05, 4.69) is 15.8 Å². The summed E-state index contributed by atoms with van der Waals surface area (Å²) in [5.74, 6) is 2.39. The molecule has 2 rings (SSSR count). The zero-order valence-electron chi connectivity index (χ0n) is 10.6. The van der Waals surface area contributed by atoms with E-state index in [1.807, 2.05) is 34.4 Å². The molecule has 0 bridgehead atoms. The van der Waals surface area contributed by atoms with Crippen LogP contribution in [0.3, 0.4) is 0 Å². The maximum absolute atomic E-state index is 13.7. The van der Waals surface area contributed by atoms with Crippen molar-refractivity contribution in [3.63, 3.8) is 0 Å². The number of halogens is 3. The minimum absolute atomic E-state index is 0.184. The summed E-state index contributed by atoms with van der Waals surface area (Å²) in [5.41, 5.74) is 1.73. The minimum Gasteiger partial charge on any atom is -0.328 e. The molecular weight excluding hydrogens is 398 g/mol. The van der Waals surface area contributed by atoms with E-state index in [0.717, 1.165) is 35.6 Å². The van der Waals surface area contributed by atoms with Crippen LogP contribution in [0.5, 0.6) is 0 Å². The topological polar surface area (TPSA) is 17.8 Å². The van der Waals surface area contributed by atoms with E-state index in [1.54, 1.807) is 12.1 Å². The number of hydrogen-bond donors (Lipinski definition) is 0. The van der Waals surface area contributed by atoms with Crippen LogP contribution in [-0.2, 0) is 13.0 Å². The number of nitrogens with zero attached hydrogens (tertiary/aromatic N) is 2. The van der Waals surface area contributed by atoms with Crippen LogP contribution in [0.4, 0.5) is 4.39 Å². The van der Waals surface area contributed by atoms with Gasteiger partial charge in [-0.25, -0.2) is 9.37 Å². The highest BCUT2D eigenvalue weighted by molar-refractivity contribution is 14.1. The maximum atomic E-state index is 13.7. The summed E-state index contributed by atoms with van der Waals surface area (Å²) >= 11 is 9.64. The summed E-state index contributed by atoms with van der Waals surface area (Å²) in [4.78, 5) is 4.58. The third-order valence-corrected chi connectivity index (χ3v) is 4.63. The SMILES string of the molecule is CSCCCn1c(CCCl)nc2cc(I)c(F)cc21. The highest BCUT2D eigenvalue weighted by Gasteiger charge is 2.12. The molecule has 0 aliphatic heterocycles. The molecule has 0 aliphatic rings. The molecule has 0 N–H and O–H groups in total. The highest BCUT2D eigenvalue weighted by atomic mass is 127. The van der Waals surface area contributed by atoms with E-state index in [9.17, 15) is 4.39 Å². The first-order chi connectivity index (χ1) is 9.17. The van der Waals surface area contributed by atoms with Crippen LogP contribution in [0.25, 0.3) is 11.0 Å². The molecular formula is C13H15ClFIN2S. The zero-order chi connectivity index (χ0) is 13.8. The van der Waals surface area contributed by atoms with Gasteiger partial charge in [0.1, 0.15) is 11.6 Å². The molecule has 2 nitrogen and oxygen atoms in total. The first-order valence-corrected chi connectivity index (χ1v) is 9.07. The molecule has 104 valence electrons. The van der Waals surface area contributed by atoms with Gasteiger partial charge in [0, 0.05) is 24.9 Å². The summed E-state index contributed by atoms with van der Waals surface area (Å²) in [6.45, 7) is 0.865. The van der Waals surface area contributed by atoms with Gasteiger partial charge in [-0.05, 0) is 47.1 Å². The Bertz CT molecular complexity index is 573. The van der Waals surface area contributed by atoms with E-state index in [1.165, 1.54) is 0 Å². The van der Waals surface area contributed by atoms with Gasteiger partial charge in [-0.2, -0.15) is 11.8 Å². The molecule has 0 saturated heterocycles. The van der Waals surface area contributed by atoms with Gasteiger partial charge in [0.05, 0.1) is 14.6 Å². The Kier molecular flexibility index (Phi) is 5.77. The summed E-state index contributed by atoms with van der Waals surface area (Å²) in [6.07, 6.45) is 3.86. The Labute approximate surface area is 135 Å². The van der Waals surface area contributed by atoms with Crippen LogP contribution >= 0.6 is 46.0 Å². The number of aryl methyl sites for hydroxylation is 2. The molecule has 1 aromatic carbocycles. The summed E-state index contributed by atoms with van der Waals surface area (Å²) in [6, 6.07) is 3.38. The molecule has 1 aromatic heterocycles. The smallest absolute Gasteiger partial charge is 0.138 e. The number of fused-ring (bicyclic) bond motifs is 1. The first kappa shape index (κ1) is 15.4. The Morgan fingerprint density at radius 3 is 2.95 bits per heavy atom. The van der Waals surface area contributed by atoms with Crippen molar-refractivity contribution in [1.82, 2.24) is 9.55 Å². The summed E-state index contributed by atoms with van der Waals surface area (Å²) in [7, 11) is 0. The van der Waals surface area contributed by atoms with Crippen molar-refractivity contribution in [1.29, 1.82) is 0 Å². The fraction of sp³-hybridized carbons (Fsp3) is 0.462. The molecule has 2 aromatic rings. The number of rotatable bonds is 6. The van der Waals surface area contributed by atoms with Gasteiger partial charge in [0.25, 0.3) is 0 Å². The summed E-state index contributed by atoms with van der Waals surface area (Å²) in [5, 5.41) is 0. The second kappa shape index (κ2) is 7.13. The monoisotopic (exact) mass is 412 g/mol. The molecule has 19 heavy (non-hydrogen) atoms. The lowest BCUT2D eigenvalue weighted by Gasteiger charge is -2.08. The summed E-state index contributed by atoms with van der Waals surface area (Å²) < 4.78 is 16.4. The average Bonchev–Trinajstić information content (AvgIpc) is 2.69. The lowest BCUT2D eigenvalue weighted by Crippen LogP contribution is -2.05. The van der Waals surface area contributed by atoms with E-state index in [4.69, 9.17) is 11.6 Å². The molecule has 0 saturated carbocycles. The fourth-order valence-electron chi connectivity index (χ4n) is 2.06. The lowest BCUT2D eigenvalue weighted by molar-refractivity contribution is 0.618. The van der Waals surface area contributed by atoms with Gasteiger partial charge < -0.3 is 4.57 Å². The molecule has 0 fully saturated rings. The van der Waals surface area contributed by atoms with Gasteiger partial charge in [0.2, 0.25) is 0 Å². The van der Waals surface area contributed by atoms with E-state index in [0.29, 0.717) is 15.9 Å². The number of benzene rings is 1. The average molecular weight is 413 g/mol. The van der Waals surface area contributed by atoms with Crippen molar-refractivity contribution >= 4 is 57.0 Å². The second-order valence-electron chi connectivity index (χ2n) is 4.22. The molecule has 6 heteroatoms.